The Morgan fingerprint density at radius 1 is 1.56 bits per heavy atom. The van der Waals surface area contributed by atoms with E-state index in [-0.39, 0.29) is 5.02 Å². The summed E-state index contributed by atoms with van der Waals surface area (Å²) >= 11 is 9.02. The molecule has 0 spiro atoms. The van der Waals surface area contributed by atoms with Crippen molar-refractivity contribution in [2.24, 2.45) is 0 Å². The van der Waals surface area contributed by atoms with Crippen LogP contribution in [-0.4, -0.2) is 16.3 Å². The molecule has 1 aromatic carbocycles. The molecule has 0 atom stereocenters. The van der Waals surface area contributed by atoms with Crippen LogP contribution in [-0.2, 0) is 6.54 Å². The minimum Gasteiger partial charge on any atom is -0.370 e. The van der Waals surface area contributed by atoms with E-state index < -0.39 is 5.82 Å². The Hall–Kier alpha value is -0.810. The van der Waals surface area contributed by atoms with Crippen molar-refractivity contribution in [1.29, 1.82) is 0 Å². The van der Waals surface area contributed by atoms with Crippen molar-refractivity contribution in [3.05, 3.63) is 21.4 Å². The van der Waals surface area contributed by atoms with E-state index in [2.05, 4.69) is 26.3 Å². The van der Waals surface area contributed by atoms with Gasteiger partial charge >= 0.3 is 0 Å². The zero-order valence-corrected chi connectivity index (χ0v) is 10.6. The van der Waals surface area contributed by atoms with Gasteiger partial charge in [-0.15, -0.1) is 0 Å². The number of fused-ring (bicyclic) bond motifs is 3. The van der Waals surface area contributed by atoms with E-state index in [1.165, 1.54) is 0 Å². The van der Waals surface area contributed by atoms with Crippen molar-refractivity contribution in [2.75, 3.05) is 11.9 Å². The lowest BCUT2D eigenvalue weighted by Gasteiger charge is -2.15. The van der Waals surface area contributed by atoms with Gasteiger partial charge in [0.15, 0.2) is 5.82 Å². The number of hydrogen-bond acceptors (Lipinski definition) is 2. The van der Waals surface area contributed by atoms with Crippen LogP contribution in [0.1, 0.15) is 6.42 Å². The first-order chi connectivity index (χ1) is 7.68. The summed E-state index contributed by atoms with van der Waals surface area (Å²) in [4.78, 5) is 0. The van der Waals surface area contributed by atoms with Crippen LogP contribution >= 0.6 is 27.5 Å². The molecular formula is C10H8BrClFN3. The number of aromatic nitrogens is 2. The zero-order chi connectivity index (χ0) is 11.3. The van der Waals surface area contributed by atoms with E-state index in [1.54, 1.807) is 6.07 Å². The standard InChI is InChI=1S/C10H8BrClFN3/c11-8-7-6(4-5(12)9(8)13)15-16-3-1-2-14-10(7)16/h4,14H,1-3H2. The van der Waals surface area contributed by atoms with E-state index in [0.29, 0.717) is 9.99 Å². The van der Waals surface area contributed by atoms with Gasteiger partial charge in [-0.3, -0.25) is 0 Å². The Kier molecular flexibility index (Phi) is 2.33. The van der Waals surface area contributed by atoms with Crippen LogP contribution in [0.15, 0.2) is 10.5 Å². The monoisotopic (exact) mass is 303 g/mol. The molecule has 3 nitrogen and oxygen atoms in total. The lowest BCUT2D eigenvalue weighted by atomic mass is 10.2. The molecular weight excluding hydrogens is 296 g/mol. The third kappa shape index (κ3) is 1.34. The molecule has 16 heavy (non-hydrogen) atoms. The smallest absolute Gasteiger partial charge is 0.156 e. The van der Waals surface area contributed by atoms with Crippen LogP contribution in [0.25, 0.3) is 10.9 Å². The van der Waals surface area contributed by atoms with E-state index in [1.807, 2.05) is 4.68 Å². The van der Waals surface area contributed by atoms with Crippen molar-refractivity contribution < 1.29 is 4.39 Å². The van der Waals surface area contributed by atoms with Gasteiger partial charge in [0.2, 0.25) is 0 Å². The minimum absolute atomic E-state index is 0.0924. The highest BCUT2D eigenvalue weighted by atomic mass is 79.9. The predicted molar refractivity (Wildman–Crippen MR) is 65.5 cm³/mol. The first kappa shape index (κ1) is 10.4. The van der Waals surface area contributed by atoms with Gasteiger partial charge in [0.05, 0.1) is 20.4 Å². The van der Waals surface area contributed by atoms with Gasteiger partial charge in [0, 0.05) is 13.1 Å². The summed E-state index contributed by atoms with van der Waals surface area (Å²) in [6, 6.07) is 1.56. The number of benzene rings is 1. The molecule has 0 radical (unpaired) electrons. The largest absolute Gasteiger partial charge is 0.370 e. The Labute approximate surface area is 105 Å². The molecule has 3 rings (SSSR count). The Bertz CT molecular complexity index is 581. The molecule has 1 N–H and O–H groups in total. The molecule has 6 heteroatoms. The maximum absolute atomic E-state index is 13.7. The van der Waals surface area contributed by atoms with E-state index in [0.717, 1.165) is 30.7 Å². The van der Waals surface area contributed by atoms with Gasteiger partial charge in [-0.05, 0) is 28.4 Å². The zero-order valence-electron chi connectivity index (χ0n) is 8.23. The van der Waals surface area contributed by atoms with Gasteiger partial charge < -0.3 is 5.32 Å². The van der Waals surface area contributed by atoms with Crippen LogP contribution in [0.2, 0.25) is 5.02 Å². The van der Waals surface area contributed by atoms with E-state index >= 15 is 0 Å². The molecule has 1 aromatic heterocycles. The molecule has 0 bridgehead atoms. The summed E-state index contributed by atoms with van der Waals surface area (Å²) < 4.78 is 15.9. The molecule has 0 aliphatic carbocycles. The second kappa shape index (κ2) is 3.60. The molecule has 1 aliphatic heterocycles. The van der Waals surface area contributed by atoms with Crippen molar-refractivity contribution in [3.63, 3.8) is 0 Å². The molecule has 0 saturated carbocycles. The average molecular weight is 305 g/mol. The molecule has 2 heterocycles. The second-order valence-corrected chi connectivity index (χ2v) is 4.93. The van der Waals surface area contributed by atoms with Crippen molar-refractivity contribution in [3.8, 4) is 0 Å². The summed E-state index contributed by atoms with van der Waals surface area (Å²) in [5, 5.41) is 8.48. The van der Waals surface area contributed by atoms with Gasteiger partial charge in [0.25, 0.3) is 0 Å². The number of anilines is 1. The lowest BCUT2D eigenvalue weighted by Crippen LogP contribution is -2.17. The number of nitrogens with one attached hydrogen (secondary N) is 1. The van der Waals surface area contributed by atoms with Crippen LogP contribution < -0.4 is 5.32 Å². The molecule has 1 aliphatic rings. The van der Waals surface area contributed by atoms with Crippen molar-refractivity contribution in [2.45, 2.75) is 13.0 Å². The molecule has 0 saturated heterocycles. The molecule has 0 amide bonds. The quantitative estimate of drug-likeness (QED) is 0.756. The summed E-state index contributed by atoms with van der Waals surface area (Å²) in [5.74, 6) is 0.432. The second-order valence-electron chi connectivity index (χ2n) is 3.73. The van der Waals surface area contributed by atoms with Crippen LogP contribution in [0, 0.1) is 5.82 Å². The maximum atomic E-state index is 13.7. The first-order valence-corrected chi connectivity index (χ1v) is 6.13. The van der Waals surface area contributed by atoms with Crippen LogP contribution in [0.5, 0.6) is 0 Å². The van der Waals surface area contributed by atoms with Gasteiger partial charge in [-0.2, -0.15) is 5.10 Å². The highest BCUT2D eigenvalue weighted by Gasteiger charge is 2.20. The highest BCUT2D eigenvalue weighted by Crippen LogP contribution is 2.37. The molecule has 84 valence electrons. The van der Waals surface area contributed by atoms with Crippen LogP contribution in [0.4, 0.5) is 10.2 Å². The van der Waals surface area contributed by atoms with Crippen molar-refractivity contribution >= 4 is 44.3 Å². The number of aryl methyl sites for hydroxylation is 1. The number of nitrogens with zero attached hydrogens (tertiary/aromatic N) is 2. The summed E-state index contributed by atoms with van der Waals surface area (Å²) in [5.41, 5.74) is 0.711. The van der Waals surface area contributed by atoms with E-state index in [9.17, 15) is 4.39 Å². The average Bonchev–Trinajstić information content (AvgIpc) is 2.64. The SMILES string of the molecule is Fc1c(Cl)cc2nn3c(c2c1Br)NCCC3. The number of halogens is 3. The fourth-order valence-corrected chi connectivity index (χ4v) is 2.89. The molecule has 0 unspecified atom stereocenters. The highest BCUT2D eigenvalue weighted by molar-refractivity contribution is 9.10. The van der Waals surface area contributed by atoms with Crippen LogP contribution in [0.3, 0.4) is 0 Å². The number of rotatable bonds is 0. The Balaban J connectivity index is 2.40. The van der Waals surface area contributed by atoms with Gasteiger partial charge in [-0.25, -0.2) is 9.07 Å². The lowest BCUT2D eigenvalue weighted by molar-refractivity contribution is 0.572. The first-order valence-electron chi connectivity index (χ1n) is 4.96. The number of hydrogen-bond donors (Lipinski definition) is 1. The summed E-state index contributed by atoms with van der Waals surface area (Å²) in [7, 11) is 0. The Morgan fingerprint density at radius 2 is 2.38 bits per heavy atom. The topological polar surface area (TPSA) is 29.9 Å². The van der Waals surface area contributed by atoms with E-state index in [4.69, 9.17) is 11.6 Å². The molecule has 2 aromatic rings. The maximum Gasteiger partial charge on any atom is 0.156 e. The third-order valence-electron chi connectivity index (χ3n) is 2.70. The minimum atomic E-state index is -0.433. The third-order valence-corrected chi connectivity index (χ3v) is 3.72. The summed E-state index contributed by atoms with van der Waals surface area (Å²) in [6.45, 7) is 1.74. The normalized spacial score (nSPS) is 14.9. The van der Waals surface area contributed by atoms with Gasteiger partial charge in [-0.1, -0.05) is 11.6 Å². The van der Waals surface area contributed by atoms with Crippen molar-refractivity contribution in [1.82, 2.24) is 9.78 Å². The summed E-state index contributed by atoms with van der Waals surface area (Å²) in [6.07, 6.45) is 1.02. The Morgan fingerprint density at radius 3 is 3.19 bits per heavy atom. The molecule has 0 fully saturated rings. The predicted octanol–water partition coefficient (Wildman–Crippen LogP) is 3.41. The fraction of sp³-hybridized carbons (Fsp3) is 0.300. The fourth-order valence-electron chi connectivity index (χ4n) is 1.97. The van der Waals surface area contributed by atoms with Gasteiger partial charge in [0.1, 0.15) is 5.82 Å².